The van der Waals surface area contributed by atoms with Gasteiger partial charge in [-0.1, -0.05) is 50.3 Å². The number of hydrogen-bond donors (Lipinski definition) is 1. The van der Waals surface area contributed by atoms with Crippen molar-refractivity contribution in [1.82, 2.24) is 4.57 Å². The third-order valence-corrected chi connectivity index (χ3v) is 5.27. The Balaban J connectivity index is 2.11. The standard InChI is InChI=1S/C20H25ClN2O2/c1-2-3-12-23-18-15(10-7-11-17(18)21)19(24)16(20(23)25)13-22-14-8-5-4-6-9-14/h7,10-11,13-14,24H,2-6,8-9,12H2,1H3. The molecule has 1 N–H and O–H groups in total. The Morgan fingerprint density at radius 1 is 1.32 bits per heavy atom. The number of para-hydroxylation sites is 1. The maximum absolute atomic E-state index is 13.0. The molecule has 0 amide bonds. The van der Waals surface area contributed by atoms with Gasteiger partial charge in [-0.2, -0.15) is 0 Å². The van der Waals surface area contributed by atoms with Crippen LogP contribution in [0.5, 0.6) is 5.75 Å². The minimum absolute atomic E-state index is 0.0187. The molecular formula is C20H25ClN2O2. The highest BCUT2D eigenvalue weighted by Gasteiger charge is 2.18. The molecule has 0 spiro atoms. The molecule has 1 heterocycles. The largest absolute Gasteiger partial charge is 0.506 e. The Hall–Kier alpha value is -1.81. The summed E-state index contributed by atoms with van der Waals surface area (Å²) in [6, 6.07) is 5.60. The van der Waals surface area contributed by atoms with Crippen molar-refractivity contribution in [3.05, 3.63) is 39.1 Å². The molecule has 0 aliphatic heterocycles. The van der Waals surface area contributed by atoms with Crippen LogP contribution in [-0.4, -0.2) is 21.9 Å². The van der Waals surface area contributed by atoms with E-state index in [9.17, 15) is 9.90 Å². The average Bonchev–Trinajstić information content (AvgIpc) is 2.63. The number of unbranched alkanes of at least 4 members (excludes halogenated alkanes) is 1. The van der Waals surface area contributed by atoms with Crippen molar-refractivity contribution < 1.29 is 5.11 Å². The summed E-state index contributed by atoms with van der Waals surface area (Å²) in [6.07, 6.45) is 9.17. The molecule has 4 nitrogen and oxygen atoms in total. The summed E-state index contributed by atoms with van der Waals surface area (Å²) < 4.78 is 1.68. The number of rotatable bonds is 5. The Morgan fingerprint density at radius 2 is 2.08 bits per heavy atom. The molecule has 1 fully saturated rings. The molecule has 1 aliphatic rings. The van der Waals surface area contributed by atoms with Crippen molar-refractivity contribution in [3.8, 4) is 5.75 Å². The van der Waals surface area contributed by atoms with Crippen LogP contribution in [0.4, 0.5) is 0 Å². The highest BCUT2D eigenvalue weighted by Crippen LogP contribution is 2.31. The highest BCUT2D eigenvalue weighted by atomic mass is 35.5. The predicted octanol–water partition coefficient (Wildman–Crippen LogP) is 4.91. The van der Waals surface area contributed by atoms with Gasteiger partial charge >= 0.3 is 0 Å². The lowest BCUT2D eigenvalue weighted by atomic mass is 9.96. The fourth-order valence-electron chi connectivity index (χ4n) is 3.53. The van der Waals surface area contributed by atoms with Crippen LogP contribution < -0.4 is 5.56 Å². The molecule has 25 heavy (non-hydrogen) atoms. The van der Waals surface area contributed by atoms with E-state index in [1.165, 1.54) is 19.3 Å². The van der Waals surface area contributed by atoms with Gasteiger partial charge in [0.05, 0.1) is 10.5 Å². The van der Waals surface area contributed by atoms with Crippen LogP contribution in [0, 0.1) is 0 Å². The average molecular weight is 361 g/mol. The first-order valence-corrected chi connectivity index (χ1v) is 9.58. The van der Waals surface area contributed by atoms with E-state index in [4.69, 9.17) is 11.6 Å². The lowest BCUT2D eigenvalue weighted by molar-refractivity contribution is 0.444. The first-order chi connectivity index (χ1) is 12.1. The SMILES string of the molecule is CCCCn1c(=O)c(C=NC2CCCCC2)c(O)c2cccc(Cl)c21. The number of hydrogen-bond acceptors (Lipinski definition) is 3. The molecule has 0 bridgehead atoms. The molecule has 1 aliphatic carbocycles. The Kier molecular flexibility index (Phi) is 5.79. The first kappa shape index (κ1) is 18.0. The fourth-order valence-corrected chi connectivity index (χ4v) is 3.81. The van der Waals surface area contributed by atoms with Gasteiger partial charge in [-0.3, -0.25) is 9.79 Å². The van der Waals surface area contributed by atoms with Crippen molar-refractivity contribution in [3.63, 3.8) is 0 Å². The van der Waals surface area contributed by atoms with Crippen molar-refractivity contribution in [2.75, 3.05) is 0 Å². The maximum Gasteiger partial charge on any atom is 0.263 e. The van der Waals surface area contributed by atoms with E-state index in [0.29, 0.717) is 22.5 Å². The number of benzene rings is 1. The number of aryl methyl sites for hydroxylation is 1. The summed E-state index contributed by atoms with van der Waals surface area (Å²) in [5, 5.41) is 11.8. The zero-order valence-electron chi connectivity index (χ0n) is 14.7. The minimum atomic E-state index is -0.217. The van der Waals surface area contributed by atoms with E-state index in [0.717, 1.165) is 25.7 Å². The van der Waals surface area contributed by atoms with Crippen molar-refractivity contribution in [2.45, 2.75) is 64.5 Å². The Labute approximate surface area is 153 Å². The molecule has 1 aromatic carbocycles. The predicted molar refractivity (Wildman–Crippen MR) is 104 cm³/mol. The molecule has 0 atom stereocenters. The molecule has 1 saturated carbocycles. The molecule has 0 unspecified atom stereocenters. The summed E-state index contributed by atoms with van der Waals surface area (Å²) in [5.74, 6) is -0.0187. The smallest absolute Gasteiger partial charge is 0.263 e. The van der Waals surface area contributed by atoms with Gasteiger partial charge in [-0.15, -0.1) is 0 Å². The van der Waals surface area contributed by atoms with Gasteiger partial charge in [0.1, 0.15) is 11.3 Å². The molecule has 134 valence electrons. The number of halogens is 1. The maximum atomic E-state index is 13.0. The second-order valence-corrected chi connectivity index (χ2v) is 7.19. The van der Waals surface area contributed by atoms with Gasteiger partial charge in [0.15, 0.2) is 0 Å². The summed E-state index contributed by atoms with van der Waals surface area (Å²) in [6.45, 7) is 2.67. The van der Waals surface area contributed by atoms with Crippen LogP contribution in [0.25, 0.3) is 10.9 Å². The van der Waals surface area contributed by atoms with Crippen molar-refractivity contribution in [2.24, 2.45) is 4.99 Å². The molecule has 2 aromatic rings. The number of aromatic hydroxyl groups is 1. The number of aliphatic imine (C=N–C) groups is 1. The minimum Gasteiger partial charge on any atom is -0.506 e. The highest BCUT2D eigenvalue weighted by molar-refractivity contribution is 6.35. The second kappa shape index (κ2) is 8.05. The summed E-state index contributed by atoms with van der Waals surface area (Å²) in [4.78, 5) is 17.6. The fraction of sp³-hybridized carbons (Fsp3) is 0.500. The summed E-state index contributed by atoms with van der Waals surface area (Å²) >= 11 is 6.33. The molecule has 5 heteroatoms. The van der Waals surface area contributed by atoms with E-state index in [-0.39, 0.29) is 22.9 Å². The normalized spacial score (nSPS) is 16.1. The van der Waals surface area contributed by atoms with Gasteiger partial charge in [0.25, 0.3) is 5.56 Å². The molecule has 3 rings (SSSR count). The van der Waals surface area contributed by atoms with E-state index in [2.05, 4.69) is 11.9 Å². The van der Waals surface area contributed by atoms with Crippen molar-refractivity contribution in [1.29, 1.82) is 0 Å². The van der Waals surface area contributed by atoms with Crippen LogP contribution in [0.15, 0.2) is 28.0 Å². The lowest BCUT2D eigenvalue weighted by Gasteiger charge is -2.18. The third-order valence-electron chi connectivity index (χ3n) is 4.97. The number of pyridine rings is 1. The second-order valence-electron chi connectivity index (χ2n) is 6.78. The van der Waals surface area contributed by atoms with Crippen molar-refractivity contribution >= 4 is 28.7 Å². The third kappa shape index (κ3) is 3.74. The Morgan fingerprint density at radius 3 is 2.80 bits per heavy atom. The van der Waals surface area contributed by atoms with E-state index >= 15 is 0 Å². The van der Waals surface area contributed by atoms with Crippen LogP contribution in [-0.2, 0) is 6.54 Å². The van der Waals surface area contributed by atoms with E-state index in [1.54, 1.807) is 29.0 Å². The van der Waals surface area contributed by atoms with E-state index in [1.807, 2.05) is 0 Å². The quantitative estimate of drug-likeness (QED) is 0.770. The van der Waals surface area contributed by atoms with Gasteiger partial charge in [-0.05, 0) is 31.4 Å². The number of nitrogens with zero attached hydrogens (tertiary/aromatic N) is 2. The van der Waals surface area contributed by atoms with Crippen LogP contribution in [0.1, 0.15) is 57.4 Å². The van der Waals surface area contributed by atoms with Crippen LogP contribution in [0.2, 0.25) is 5.02 Å². The van der Waals surface area contributed by atoms with Crippen LogP contribution in [0.3, 0.4) is 0 Å². The first-order valence-electron chi connectivity index (χ1n) is 9.20. The topological polar surface area (TPSA) is 54.6 Å². The molecule has 0 radical (unpaired) electrons. The lowest BCUT2D eigenvalue weighted by Crippen LogP contribution is -2.25. The van der Waals surface area contributed by atoms with Gasteiger partial charge in [0, 0.05) is 24.2 Å². The summed E-state index contributed by atoms with van der Waals surface area (Å²) in [7, 11) is 0. The Bertz CT molecular complexity index is 836. The van der Waals surface area contributed by atoms with Crippen LogP contribution >= 0.6 is 11.6 Å². The molecular weight excluding hydrogens is 336 g/mol. The van der Waals surface area contributed by atoms with Gasteiger partial charge in [-0.25, -0.2) is 0 Å². The number of fused-ring (bicyclic) bond motifs is 1. The van der Waals surface area contributed by atoms with Gasteiger partial charge < -0.3 is 9.67 Å². The zero-order valence-corrected chi connectivity index (χ0v) is 15.4. The molecule has 1 aromatic heterocycles. The number of aromatic nitrogens is 1. The van der Waals surface area contributed by atoms with E-state index < -0.39 is 0 Å². The summed E-state index contributed by atoms with van der Waals surface area (Å²) in [5.41, 5.74) is 0.664. The van der Waals surface area contributed by atoms with Gasteiger partial charge in [0.2, 0.25) is 0 Å². The molecule has 0 saturated heterocycles. The zero-order chi connectivity index (χ0) is 17.8. The monoisotopic (exact) mass is 360 g/mol.